The van der Waals surface area contributed by atoms with Crippen LogP contribution >= 0.6 is 11.3 Å². The molecule has 1 aliphatic heterocycles. The SMILES string of the molecule is CN(CC(=O)Nc1ccc(N2CCOCC2)c(F)c1)S(=O)(=O)c1cccs1. The second-order valence-corrected chi connectivity index (χ2v) is 9.23. The summed E-state index contributed by atoms with van der Waals surface area (Å²) in [5.74, 6) is -0.995. The second kappa shape index (κ2) is 8.34. The van der Waals surface area contributed by atoms with Crippen LogP contribution in [0, 0.1) is 5.82 Å². The van der Waals surface area contributed by atoms with Gasteiger partial charge in [-0.25, -0.2) is 12.8 Å². The molecule has 1 saturated heterocycles. The van der Waals surface area contributed by atoms with E-state index < -0.39 is 21.7 Å². The number of ether oxygens (including phenoxy) is 1. The zero-order valence-corrected chi connectivity index (χ0v) is 16.4. The van der Waals surface area contributed by atoms with E-state index in [1.165, 1.54) is 19.2 Å². The van der Waals surface area contributed by atoms with Crippen LogP contribution in [0.25, 0.3) is 0 Å². The number of morpholine rings is 1. The first kappa shape index (κ1) is 19.7. The third kappa shape index (κ3) is 4.64. The lowest BCUT2D eigenvalue weighted by atomic mass is 10.2. The number of thiophene rings is 1. The molecule has 1 aromatic heterocycles. The zero-order valence-electron chi connectivity index (χ0n) is 14.7. The highest BCUT2D eigenvalue weighted by atomic mass is 32.2. The first-order valence-corrected chi connectivity index (χ1v) is 10.6. The van der Waals surface area contributed by atoms with E-state index in [1.807, 2.05) is 4.90 Å². The molecular formula is C17H20FN3O4S2. The van der Waals surface area contributed by atoms with Gasteiger partial charge in [0, 0.05) is 25.8 Å². The van der Waals surface area contributed by atoms with Crippen molar-refractivity contribution in [3.05, 3.63) is 41.5 Å². The van der Waals surface area contributed by atoms with Gasteiger partial charge in [0.05, 0.1) is 25.4 Å². The summed E-state index contributed by atoms with van der Waals surface area (Å²) in [5, 5.41) is 4.19. The molecule has 27 heavy (non-hydrogen) atoms. The summed E-state index contributed by atoms with van der Waals surface area (Å²) < 4.78 is 45.4. The Labute approximate surface area is 161 Å². The fourth-order valence-electron chi connectivity index (χ4n) is 2.70. The van der Waals surface area contributed by atoms with Gasteiger partial charge in [-0.3, -0.25) is 4.79 Å². The smallest absolute Gasteiger partial charge is 0.252 e. The van der Waals surface area contributed by atoms with Crippen LogP contribution in [0.3, 0.4) is 0 Å². The van der Waals surface area contributed by atoms with Gasteiger partial charge in [0.2, 0.25) is 5.91 Å². The highest BCUT2D eigenvalue weighted by Crippen LogP contribution is 2.24. The van der Waals surface area contributed by atoms with Crippen molar-refractivity contribution >= 4 is 38.6 Å². The molecule has 3 rings (SSSR count). The molecule has 2 heterocycles. The van der Waals surface area contributed by atoms with E-state index in [0.717, 1.165) is 15.6 Å². The van der Waals surface area contributed by atoms with Crippen LogP contribution in [0.2, 0.25) is 0 Å². The molecule has 7 nitrogen and oxygen atoms in total. The molecule has 0 aliphatic carbocycles. The summed E-state index contributed by atoms with van der Waals surface area (Å²) in [6.45, 7) is 1.93. The zero-order chi connectivity index (χ0) is 19.4. The number of rotatable bonds is 6. The van der Waals surface area contributed by atoms with E-state index in [-0.39, 0.29) is 16.4 Å². The predicted molar refractivity (Wildman–Crippen MR) is 102 cm³/mol. The summed E-state index contributed by atoms with van der Waals surface area (Å²) in [6, 6.07) is 7.54. The first-order valence-electron chi connectivity index (χ1n) is 8.30. The van der Waals surface area contributed by atoms with Gasteiger partial charge < -0.3 is 15.0 Å². The Bertz CT molecular complexity index is 897. The average Bonchev–Trinajstić information content (AvgIpc) is 3.18. The molecule has 1 fully saturated rings. The Morgan fingerprint density at radius 1 is 1.33 bits per heavy atom. The van der Waals surface area contributed by atoms with E-state index in [2.05, 4.69) is 5.32 Å². The molecule has 1 aromatic carbocycles. The summed E-state index contributed by atoms with van der Waals surface area (Å²) in [4.78, 5) is 14.1. The Hall–Kier alpha value is -2.01. The third-order valence-electron chi connectivity index (χ3n) is 4.11. The summed E-state index contributed by atoms with van der Waals surface area (Å²) >= 11 is 1.08. The predicted octanol–water partition coefficient (Wildman–Crippen LogP) is 1.98. The van der Waals surface area contributed by atoms with E-state index in [0.29, 0.717) is 32.0 Å². The molecule has 0 saturated carbocycles. The minimum Gasteiger partial charge on any atom is -0.378 e. The maximum absolute atomic E-state index is 14.4. The van der Waals surface area contributed by atoms with Crippen molar-refractivity contribution in [1.82, 2.24) is 4.31 Å². The van der Waals surface area contributed by atoms with Gasteiger partial charge in [-0.1, -0.05) is 6.07 Å². The number of sulfonamides is 1. The number of nitrogens with one attached hydrogen (secondary N) is 1. The molecular weight excluding hydrogens is 393 g/mol. The lowest BCUT2D eigenvalue weighted by Crippen LogP contribution is -2.36. The number of carbonyl (C=O) groups excluding carboxylic acids is 1. The van der Waals surface area contributed by atoms with Crippen molar-refractivity contribution in [2.24, 2.45) is 0 Å². The number of anilines is 2. The van der Waals surface area contributed by atoms with Crippen molar-refractivity contribution in [3.8, 4) is 0 Å². The fourth-order valence-corrected chi connectivity index (χ4v) is 5.03. The van der Waals surface area contributed by atoms with Crippen molar-refractivity contribution in [2.45, 2.75) is 4.21 Å². The normalized spacial score (nSPS) is 15.1. The Morgan fingerprint density at radius 2 is 2.07 bits per heavy atom. The molecule has 10 heteroatoms. The van der Waals surface area contributed by atoms with Crippen LogP contribution in [0.4, 0.5) is 15.8 Å². The fraction of sp³-hybridized carbons (Fsp3) is 0.353. The maximum Gasteiger partial charge on any atom is 0.252 e. The number of nitrogens with zero attached hydrogens (tertiary/aromatic N) is 2. The van der Waals surface area contributed by atoms with Gasteiger partial charge in [-0.15, -0.1) is 11.3 Å². The van der Waals surface area contributed by atoms with E-state index >= 15 is 0 Å². The summed E-state index contributed by atoms with van der Waals surface area (Å²) in [6.07, 6.45) is 0. The van der Waals surface area contributed by atoms with Gasteiger partial charge >= 0.3 is 0 Å². The number of hydrogen-bond donors (Lipinski definition) is 1. The highest BCUT2D eigenvalue weighted by molar-refractivity contribution is 7.91. The van der Waals surface area contributed by atoms with Gasteiger partial charge in [0.1, 0.15) is 10.0 Å². The molecule has 0 unspecified atom stereocenters. The van der Waals surface area contributed by atoms with Gasteiger partial charge in [0.15, 0.2) is 0 Å². The minimum absolute atomic E-state index is 0.165. The van der Waals surface area contributed by atoms with Crippen molar-refractivity contribution in [1.29, 1.82) is 0 Å². The van der Waals surface area contributed by atoms with E-state index in [9.17, 15) is 17.6 Å². The topological polar surface area (TPSA) is 79.0 Å². The molecule has 0 spiro atoms. The van der Waals surface area contributed by atoms with Crippen molar-refractivity contribution in [2.75, 3.05) is 50.1 Å². The van der Waals surface area contributed by atoms with Crippen LogP contribution in [0.5, 0.6) is 0 Å². The highest BCUT2D eigenvalue weighted by Gasteiger charge is 2.24. The molecule has 1 amide bonds. The molecule has 1 N–H and O–H groups in total. The maximum atomic E-state index is 14.4. The number of benzene rings is 1. The molecule has 146 valence electrons. The Morgan fingerprint density at radius 3 is 2.70 bits per heavy atom. The van der Waals surface area contributed by atoms with E-state index in [4.69, 9.17) is 4.74 Å². The van der Waals surface area contributed by atoms with Gasteiger partial charge in [-0.2, -0.15) is 4.31 Å². The minimum atomic E-state index is -3.71. The van der Waals surface area contributed by atoms with Crippen LogP contribution < -0.4 is 10.2 Å². The molecule has 0 atom stereocenters. The second-order valence-electron chi connectivity index (χ2n) is 6.01. The van der Waals surface area contributed by atoms with Crippen molar-refractivity contribution in [3.63, 3.8) is 0 Å². The number of hydrogen-bond acceptors (Lipinski definition) is 6. The van der Waals surface area contributed by atoms with Crippen LogP contribution in [-0.4, -0.2) is 58.5 Å². The molecule has 0 bridgehead atoms. The quantitative estimate of drug-likeness (QED) is 0.784. The monoisotopic (exact) mass is 413 g/mol. The first-order chi connectivity index (χ1) is 12.9. The van der Waals surface area contributed by atoms with Crippen LogP contribution in [0.1, 0.15) is 0 Å². The molecule has 0 radical (unpaired) electrons. The molecule has 2 aromatic rings. The van der Waals surface area contributed by atoms with Crippen LogP contribution in [-0.2, 0) is 19.6 Å². The summed E-state index contributed by atoms with van der Waals surface area (Å²) in [5.41, 5.74) is 0.727. The number of halogens is 1. The Kier molecular flexibility index (Phi) is 6.10. The van der Waals surface area contributed by atoms with Crippen molar-refractivity contribution < 1.29 is 22.3 Å². The standard InChI is InChI=1S/C17H20FN3O4S2/c1-20(27(23,24)17-3-2-10-26-17)12-16(22)19-13-4-5-15(14(18)11-13)21-6-8-25-9-7-21/h2-5,10-11H,6-9,12H2,1H3,(H,19,22). The third-order valence-corrected chi connectivity index (χ3v) is 7.29. The van der Waals surface area contributed by atoms with E-state index in [1.54, 1.807) is 23.6 Å². The largest absolute Gasteiger partial charge is 0.378 e. The lowest BCUT2D eigenvalue weighted by Gasteiger charge is -2.29. The molecule has 1 aliphatic rings. The van der Waals surface area contributed by atoms with Gasteiger partial charge in [0.25, 0.3) is 10.0 Å². The number of likely N-dealkylation sites (N-methyl/N-ethyl adjacent to an activating group) is 1. The lowest BCUT2D eigenvalue weighted by molar-refractivity contribution is -0.116. The van der Waals surface area contributed by atoms with Crippen LogP contribution in [0.15, 0.2) is 39.9 Å². The number of carbonyl (C=O) groups is 1. The summed E-state index contributed by atoms with van der Waals surface area (Å²) in [7, 11) is -2.38. The number of amides is 1. The Balaban J connectivity index is 1.63. The van der Waals surface area contributed by atoms with Gasteiger partial charge in [-0.05, 0) is 29.6 Å². The average molecular weight is 413 g/mol.